The van der Waals surface area contributed by atoms with Crippen molar-refractivity contribution in [1.82, 2.24) is 9.62 Å². The Labute approximate surface area is 127 Å². The number of hydrogen-bond donors (Lipinski definition) is 1. The maximum Gasteiger partial charge on any atom is 0.244 e. The van der Waals surface area contributed by atoms with Crippen molar-refractivity contribution in [2.75, 3.05) is 20.1 Å². The molecule has 1 aliphatic heterocycles. The summed E-state index contributed by atoms with van der Waals surface area (Å²) in [6.45, 7) is 1.14. The van der Waals surface area contributed by atoms with Gasteiger partial charge in [-0.15, -0.1) is 0 Å². The average molecular weight is 365 g/mol. The van der Waals surface area contributed by atoms with Crippen molar-refractivity contribution in [1.29, 1.82) is 0 Å². The van der Waals surface area contributed by atoms with Crippen molar-refractivity contribution in [3.05, 3.63) is 28.5 Å². The Hall–Kier alpha value is -0.500. The first-order valence-electron chi connectivity index (χ1n) is 6.58. The van der Waals surface area contributed by atoms with Gasteiger partial charge in [0.25, 0.3) is 0 Å². The summed E-state index contributed by atoms with van der Waals surface area (Å²) in [5.74, 6) is -0.457. The molecule has 1 N–H and O–H groups in total. The minimum absolute atomic E-state index is 0.0456. The van der Waals surface area contributed by atoms with Crippen molar-refractivity contribution >= 4 is 26.0 Å². The minimum atomic E-state index is -3.60. The molecule has 0 bridgehead atoms. The number of nitrogens with zero attached hydrogens (tertiary/aromatic N) is 1. The number of benzene rings is 1. The Balaban J connectivity index is 2.37. The van der Waals surface area contributed by atoms with E-state index in [4.69, 9.17) is 0 Å². The Bertz CT molecular complexity index is 578. The fraction of sp³-hybridized carbons (Fsp3) is 0.538. The lowest BCUT2D eigenvalue weighted by molar-refractivity contribution is 0.249. The largest absolute Gasteiger partial charge is 0.318 e. The monoisotopic (exact) mass is 364 g/mol. The maximum atomic E-state index is 13.1. The maximum absolute atomic E-state index is 13.1. The summed E-state index contributed by atoms with van der Waals surface area (Å²) < 4.78 is 40.4. The van der Waals surface area contributed by atoms with Gasteiger partial charge in [0.15, 0.2) is 0 Å². The van der Waals surface area contributed by atoms with Gasteiger partial charge in [-0.3, -0.25) is 0 Å². The molecule has 0 saturated carbocycles. The molecule has 0 radical (unpaired) electrons. The van der Waals surface area contributed by atoms with Crippen molar-refractivity contribution in [3.63, 3.8) is 0 Å². The van der Waals surface area contributed by atoms with Gasteiger partial charge in [0.05, 0.1) is 4.90 Å². The van der Waals surface area contributed by atoms with Crippen molar-refractivity contribution < 1.29 is 12.8 Å². The first kappa shape index (κ1) is 15.9. The summed E-state index contributed by atoms with van der Waals surface area (Å²) in [4.78, 5) is 0.127. The van der Waals surface area contributed by atoms with Crippen LogP contribution in [0.3, 0.4) is 0 Å². The zero-order chi connectivity index (χ0) is 14.8. The lowest BCUT2D eigenvalue weighted by atomic mass is 10.1. The molecule has 2 rings (SSSR count). The normalized spacial score (nSPS) is 21.1. The topological polar surface area (TPSA) is 49.4 Å². The summed E-state index contributed by atoms with van der Waals surface area (Å²) in [7, 11) is -1.79. The number of rotatable bonds is 4. The average Bonchev–Trinajstić information content (AvgIpc) is 2.39. The van der Waals surface area contributed by atoms with Crippen LogP contribution in [-0.2, 0) is 10.0 Å². The van der Waals surface area contributed by atoms with Crippen LogP contribution in [0.25, 0.3) is 0 Å². The van der Waals surface area contributed by atoms with E-state index in [9.17, 15) is 12.8 Å². The minimum Gasteiger partial charge on any atom is -0.318 e. The van der Waals surface area contributed by atoms with Crippen LogP contribution in [0.5, 0.6) is 0 Å². The molecule has 4 nitrogen and oxygen atoms in total. The first-order valence-corrected chi connectivity index (χ1v) is 8.81. The van der Waals surface area contributed by atoms with Gasteiger partial charge in [-0.25, -0.2) is 12.8 Å². The Morgan fingerprint density at radius 1 is 1.45 bits per heavy atom. The second-order valence-electron chi connectivity index (χ2n) is 4.90. The molecule has 1 aromatic carbocycles. The van der Waals surface area contributed by atoms with Gasteiger partial charge < -0.3 is 5.32 Å². The van der Waals surface area contributed by atoms with Crippen LogP contribution in [0.4, 0.5) is 4.39 Å². The van der Waals surface area contributed by atoms with Crippen LogP contribution in [0.15, 0.2) is 27.6 Å². The zero-order valence-electron chi connectivity index (χ0n) is 11.3. The number of piperidine rings is 1. The molecule has 20 heavy (non-hydrogen) atoms. The Morgan fingerprint density at radius 3 is 2.85 bits per heavy atom. The Kier molecular flexibility index (Phi) is 5.17. The number of hydrogen-bond acceptors (Lipinski definition) is 3. The highest BCUT2D eigenvalue weighted by atomic mass is 79.9. The predicted octanol–water partition coefficient (Wildman–Crippen LogP) is 2.35. The molecular formula is C13H18BrFN2O2S. The third-order valence-electron chi connectivity index (χ3n) is 3.49. The molecule has 1 fully saturated rings. The van der Waals surface area contributed by atoms with Gasteiger partial charge in [0.1, 0.15) is 5.82 Å². The van der Waals surface area contributed by atoms with Crippen LogP contribution < -0.4 is 5.32 Å². The third-order valence-corrected chi connectivity index (χ3v) is 6.42. The predicted molar refractivity (Wildman–Crippen MR) is 79.6 cm³/mol. The van der Waals surface area contributed by atoms with Crippen LogP contribution in [0.1, 0.15) is 19.3 Å². The highest BCUT2D eigenvalue weighted by Gasteiger charge is 2.34. The Morgan fingerprint density at radius 2 is 2.20 bits per heavy atom. The molecule has 1 heterocycles. The second kappa shape index (κ2) is 6.51. The number of halogens is 2. The molecule has 0 aliphatic carbocycles. The molecule has 112 valence electrons. The van der Waals surface area contributed by atoms with Crippen LogP contribution >= 0.6 is 15.9 Å². The van der Waals surface area contributed by atoms with Gasteiger partial charge in [0.2, 0.25) is 10.0 Å². The van der Waals surface area contributed by atoms with Crippen LogP contribution in [0, 0.1) is 5.82 Å². The molecule has 1 aliphatic rings. The molecule has 7 heteroatoms. The first-order chi connectivity index (χ1) is 9.46. The number of sulfonamides is 1. The fourth-order valence-electron chi connectivity index (χ4n) is 2.54. The lowest BCUT2D eigenvalue weighted by Gasteiger charge is -2.34. The smallest absolute Gasteiger partial charge is 0.244 e. The zero-order valence-corrected chi connectivity index (χ0v) is 13.7. The highest BCUT2D eigenvalue weighted by Crippen LogP contribution is 2.30. The van der Waals surface area contributed by atoms with Crippen molar-refractivity contribution in [2.24, 2.45) is 0 Å². The number of likely N-dealkylation sites (N-methyl/N-ethyl adjacent to an activating group) is 1. The van der Waals surface area contributed by atoms with E-state index in [1.807, 2.05) is 7.05 Å². The van der Waals surface area contributed by atoms with E-state index in [0.29, 0.717) is 13.1 Å². The summed E-state index contributed by atoms with van der Waals surface area (Å²) >= 11 is 3.15. The van der Waals surface area contributed by atoms with Gasteiger partial charge >= 0.3 is 0 Å². The molecule has 1 unspecified atom stereocenters. The van der Waals surface area contributed by atoms with Crippen LogP contribution in [-0.4, -0.2) is 38.9 Å². The van der Waals surface area contributed by atoms with Gasteiger partial charge in [0, 0.05) is 23.6 Å². The summed E-state index contributed by atoms with van der Waals surface area (Å²) in [6, 6.07) is 3.63. The molecular weight excluding hydrogens is 347 g/mol. The van der Waals surface area contributed by atoms with Crippen molar-refractivity contribution in [3.8, 4) is 0 Å². The van der Waals surface area contributed by atoms with E-state index in [0.717, 1.165) is 19.3 Å². The summed E-state index contributed by atoms with van der Waals surface area (Å²) in [5, 5.41) is 3.04. The third kappa shape index (κ3) is 3.21. The molecule has 0 amide bonds. The highest BCUT2D eigenvalue weighted by molar-refractivity contribution is 9.10. The second-order valence-corrected chi connectivity index (χ2v) is 7.61. The SMILES string of the molecule is CNCC1CCCCN1S(=O)(=O)c1ccc(F)cc1Br. The molecule has 1 aromatic rings. The van der Waals surface area contributed by atoms with Gasteiger partial charge in [-0.2, -0.15) is 4.31 Å². The fourth-order valence-corrected chi connectivity index (χ4v) is 5.25. The van der Waals surface area contributed by atoms with E-state index >= 15 is 0 Å². The number of nitrogens with one attached hydrogen (secondary N) is 1. The molecule has 0 spiro atoms. The van der Waals surface area contributed by atoms with E-state index < -0.39 is 15.8 Å². The molecule has 0 aromatic heterocycles. The summed E-state index contributed by atoms with van der Waals surface area (Å²) in [5.41, 5.74) is 0. The van der Waals surface area contributed by atoms with Gasteiger partial charge in [-0.05, 0) is 54.0 Å². The van der Waals surface area contributed by atoms with E-state index in [2.05, 4.69) is 21.2 Å². The van der Waals surface area contributed by atoms with E-state index in [-0.39, 0.29) is 15.4 Å². The summed E-state index contributed by atoms with van der Waals surface area (Å²) in [6.07, 6.45) is 2.74. The quantitative estimate of drug-likeness (QED) is 0.891. The van der Waals surface area contributed by atoms with E-state index in [1.165, 1.54) is 22.5 Å². The van der Waals surface area contributed by atoms with Gasteiger partial charge in [-0.1, -0.05) is 6.42 Å². The molecule has 1 saturated heterocycles. The molecule has 1 atom stereocenters. The van der Waals surface area contributed by atoms with Crippen molar-refractivity contribution in [2.45, 2.75) is 30.2 Å². The lowest BCUT2D eigenvalue weighted by Crippen LogP contribution is -2.47. The standard InChI is InChI=1S/C13H18BrFN2O2S/c1-16-9-11-4-2-3-7-17(11)20(18,19)13-6-5-10(15)8-12(13)14/h5-6,8,11,16H,2-4,7,9H2,1H3. The van der Waals surface area contributed by atoms with E-state index in [1.54, 1.807) is 0 Å². The van der Waals surface area contributed by atoms with Crippen LogP contribution in [0.2, 0.25) is 0 Å².